The molecule has 5 nitrogen and oxygen atoms in total. The second-order valence-electron chi connectivity index (χ2n) is 4.62. The lowest BCUT2D eigenvalue weighted by molar-refractivity contribution is -0.120. The molecule has 104 valence electrons. The smallest absolute Gasteiger partial charge is 0.341 e. The molecule has 2 N–H and O–H groups in total. The van der Waals surface area contributed by atoms with Crippen LogP contribution in [0.4, 0.5) is 5.00 Å². The van der Waals surface area contributed by atoms with Crippen molar-refractivity contribution in [1.82, 2.24) is 5.32 Å². The third-order valence-electron chi connectivity index (χ3n) is 3.25. The Hall–Kier alpha value is -1.40. The number of anilines is 1. The molecule has 1 fully saturated rings. The topological polar surface area (TPSA) is 67.4 Å². The molecule has 2 unspecified atom stereocenters. The molecule has 0 spiro atoms. The van der Waals surface area contributed by atoms with Crippen LogP contribution in [0.25, 0.3) is 0 Å². The van der Waals surface area contributed by atoms with E-state index in [4.69, 9.17) is 4.74 Å². The van der Waals surface area contributed by atoms with Crippen molar-refractivity contribution in [3.63, 3.8) is 0 Å². The largest absolute Gasteiger partial charge is 0.462 e. The zero-order chi connectivity index (χ0) is 13.8. The van der Waals surface area contributed by atoms with E-state index in [9.17, 15) is 9.59 Å². The lowest BCUT2D eigenvalue weighted by Gasteiger charge is -2.14. The summed E-state index contributed by atoms with van der Waals surface area (Å²) in [5, 5.41) is 8.38. The van der Waals surface area contributed by atoms with Crippen LogP contribution in [0.3, 0.4) is 0 Å². The molecular weight excluding hydrogens is 264 g/mol. The van der Waals surface area contributed by atoms with Gasteiger partial charge in [0.25, 0.3) is 0 Å². The quantitative estimate of drug-likeness (QED) is 0.825. The molecule has 1 saturated heterocycles. The van der Waals surface area contributed by atoms with Crippen molar-refractivity contribution in [3.8, 4) is 0 Å². The van der Waals surface area contributed by atoms with E-state index in [0.717, 1.165) is 6.54 Å². The van der Waals surface area contributed by atoms with Crippen molar-refractivity contribution in [2.45, 2.75) is 13.8 Å². The highest BCUT2D eigenvalue weighted by atomic mass is 32.1. The van der Waals surface area contributed by atoms with Gasteiger partial charge in [0.05, 0.1) is 18.1 Å². The highest BCUT2D eigenvalue weighted by Gasteiger charge is 2.30. The van der Waals surface area contributed by atoms with E-state index >= 15 is 0 Å². The molecule has 0 bridgehead atoms. The van der Waals surface area contributed by atoms with E-state index in [2.05, 4.69) is 10.6 Å². The maximum Gasteiger partial charge on any atom is 0.341 e. The first-order chi connectivity index (χ1) is 9.13. The minimum Gasteiger partial charge on any atom is -0.462 e. The van der Waals surface area contributed by atoms with Crippen molar-refractivity contribution in [2.75, 3.05) is 25.0 Å². The number of carbonyl (C=O) groups excluding carboxylic acids is 2. The van der Waals surface area contributed by atoms with E-state index in [1.54, 1.807) is 18.4 Å². The summed E-state index contributed by atoms with van der Waals surface area (Å²) in [6, 6.07) is 1.68. The van der Waals surface area contributed by atoms with Gasteiger partial charge in [-0.05, 0) is 30.8 Å². The number of amides is 1. The van der Waals surface area contributed by atoms with Crippen LogP contribution in [-0.2, 0) is 9.53 Å². The molecule has 2 atom stereocenters. The second kappa shape index (κ2) is 6.16. The van der Waals surface area contributed by atoms with Crippen molar-refractivity contribution in [3.05, 3.63) is 17.0 Å². The van der Waals surface area contributed by atoms with Crippen LogP contribution < -0.4 is 10.6 Å². The standard InChI is InChI=1S/C13H18N2O3S/c1-3-18-13(17)9-4-5-19-12(9)15-11(16)10-7-14-6-8(10)2/h4-5,8,10,14H,3,6-7H2,1-2H3,(H,15,16). The molecule has 1 aromatic heterocycles. The molecular formula is C13H18N2O3S. The molecule has 2 rings (SSSR count). The molecule has 1 amide bonds. The van der Waals surface area contributed by atoms with Crippen LogP contribution in [0.2, 0.25) is 0 Å². The lowest BCUT2D eigenvalue weighted by Crippen LogP contribution is -2.28. The summed E-state index contributed by atoms with van der Waals surface area (Å²) in [6.07, 6.45) is 0. The maximum atomic E-state index is 12.2. The fourth-order valence-electron chi connectivity index (χ4n) is 2.14. The Morgan fingerprint density at radius 1 is 1.53 bits per heavy atom. The average Bonchev–Trinajstić information content (AvgIpc) is 2.98. The first-order valence-electron chi connectivity index (χ1n) is 6.39. The summed E-state index contributed by atoms with van der Waals surface area (Å²) < 4.78 is 4.96. The van der Waals surface area contributed by atoms with Gasteiger partial charge in [0, 0.05) is 6.54 Å². The molecule has 0 aliphatic carbocycles. The van der Waals surface area contributed by atoms with Gasteiger partial charge in [0.1, 0.15) is 5.00 Å². The predicted octanol–water partition coefficient (Wildman–Crippen LogP) is 1.72. The first kappa shape index (κ1) is 14.0. The van der Waals surface area contributed by atoms with Gasteiger partial charge in [0.2, 0.25) is 5.91 Å². The Morgan fingerprint density at radius 2 is 2.32 bits per heavy atom. The van der Waals surface area contributed by atoms with E-state index in [0.29, 0.717) is 29.6 Å². The van der Waals surface area contributed by atoms with E-state index < -0.39 is 5.97 Å². The molecule has 1 aromatic rings. The number of thiophene rings is 1. The molecule has 1 aliphatic rings. The minimum atomic E-state index is -0.392. The highest BCUT2D eigenvalue weighted by molar-refractivity contribution is 7.14. The van der Waals surface area contributed by atoms with Gasteiger partial charge in [-0.3, -0.25) is 4.79 Å². The highest BCUT2D eigenvalue weighted by Crippen LogP contribution is 2.26. The van der Waals surface area contributed by atoms with Gasteiger partial charge in [-0.25, -0.2) is 4.79 Å². The number of ether oxygens (including phenoxy) is 1. The number of rotatable bonds is 4. The van der Waals surface area contributed by atoms with E-state index in [1.807, 2.05) is 6.92 Å². The SMILES string of the molecule is CCOC(=O)c1ccsc1NC(=O)C1CNCC1C. The molecule has 19 heavy (non-hydrogen) atoms. The maximum absolute atomic E-state index is 12.2. The molecule has 2 heterocycles. The van der Waals surface area contributed by atoms with Crippen LogP contribution in [0.15, 0.2) is 11.4 Å². The van der Waals surface area contributed by atoms with Crippen molar-refractivity contribution in [1.29, 1.82) is 0 Å². The second-order valence-corrected chi connectivity index (χ2v) is 5.53. The Balaban J connectivity index is 2.05. The number of hydrogen-bond acceptors (Lipinski definition) is 5. The van der Waals surface area contributed by atoms with Crippen LogP contribution in [0.5, 0.6) is 0 Å². The molecule has 0 radical (unpaired) electrons. The lowest BCUT2D eigenvalue weighted by atomic mass is 9.97. The van der Waals surface area contributed by atoms with Gasteiger partial charge in [-0.15, -0.1) is 11.3 Å². The third-order valence-corrected chi connectivity index (χ3v) is 4.08. The third kappa shape index (κ3) is 3.13. The van der Waals surface area contributed by atoms with E-state index in [-0.39, 0.29) is 11.8 Å². The Bertz CT molecular complexity index is 472. The van der Waals surface area contributed by atoms with Crippen molar-refractivity contribution < 1.29 is 14.3 Å². The van der Waals surface area contributed by atoms with Crippen LogP contribution in [0, 0.1) is 11.8 Å². The minimum absolute atomic E-state index is 0.0366. The van der Waals surface area contributed by atoms with Crippen LogP contribution in [-0.4, -0.2) is 31.6 Å². The summed E-state index contributed by atoms with van der Waals surface area (Å²) in [6.45, 7) is 5.67. The van der Waals surface area contributed by atoms with Gasteiger partial charge in [-0.1, -0.05) is 6.92 Å². The summed E-state index contributed by atoms with van der Waals surface area (Å²) >= 11 is 1.34. The summed E-state index contributed by atoms with van der Waals surface area (Å²) in [5.41, 5.74) is 0.429. The Kier molecular flexibility index (Phi) is 4.55. The molecule has 1 aliphatic heterocycles. The molecule has 0 aromatic carbocycles. The van der Waals surface area contributed by atoms with Gasteiger partial charge in [-0.2, -0.15) is 0 Å². The predicted molar refractivity (Wildman–Crippen MR) is 74.4 cm³/mol. The summed E-state index contributed by atoms with van der Waals surface area (Å²) in [7, 11) is 0. The Morgan fingerprint density at radius 3 is 2.95 bits per heavy atom. The fourth-order valence-corrected chi connectivity index (χ4v) is 2.92. The van der Waals surface area contributed by atoms with Crippen LogP contribution in [0.1, 0.15) is 24.2 Å². The number of esters is 1. The summed E-state index contributed by atoms with van der Waals surface area (Å²) in [5.74, 6) is -0.162. The fraction of sp³-hybridized carbons (Fsp3) is 0.538. The van der Waals surface area contributed by atoms with Crippen molar-refractivity contribution >= 4 is 28.2 Å². The van der Waals surface area contributed by atoms with Gasteiger partial charge in [0.15, 0.2) is 0 Å². The van der Waals surface area contributed by atoms with Gasteiger partial charge < -0.3 is 15.4 Å². The molecule has 6 heteroatoms. The van der Waals surface area contributed by atoms with E-state index in [1.165, 1.54) is 11.3 Å². The Labute approximate surface area is 116 Å². The zero-order valence-corrected chi connectivity index (χ0v) is 11.9. The monoisotopic (exact) mass is 282 g/mol. The van der Waals surface area contributed by atoms with Gasteiger partial charge >= 0.3 is 5.97 Å². The van der Waals surface area contributed by atoms with Crippen molar-refractivity contribution in [2.24, 2.45) is 11.8 Å². The number of hydrogen-bond donors (Lipinski definition) is 2. The average molecular weight is 282 g/mol. The number of nitrogens with one attached hydrogen (secondary N) is 2. The molecule has 0 saturated carbocycles. The normalized spacial score (nSPS) is 22.2. The zero-order valence-electron chi connectivity index (χ0n) is 11.1. The van der Waals surface area contributed by atoms with Crippen LogP contribution >= 0.6 is 11.3 Å². The summed E-state index contributed by atoms with van der Waals surface area (Å²) in [4.78, 5) is 23.9. The number of carbonyl (C=O) groups is 2. The first-order valence-corrected chi connectivity index (χ1v) is 7.27.